The van der Waals surface area contributed by atoms with E-state index in [1.165, 1.54) is 12.1 Å². The molecule has 0 unspecified atom stereocenters. The van der Waals surface area contributed by atoms with Gasteiger partial charge in [-0.25, -0.2) is 8.42 Å². The zero-order valence-corrected chi connectivity index (χ0v) is 24.2. The summed E-state index contributed by atoms with van der Waals surface area (Å²) in [6, 6.07) is 9.73. The lowest BCUT2D eigenvalue weighted by Gasteiger charge is -2.37. The number of phenolic OH excluding ortho intramolecular Hbond substituents is 1. The van der Waals surface area contributed by atoms with Crippen LogP contribution in [0.3, 0.4) is 0 Å². The first-order chi connectivity index (χ1) is 17.4. The Labute approximate surface area is 226 Å². The topological polar surface area (TPSA) is 122 Å². The lowest BCUT2D eigenvalue weighted by Crippen LogP contribution is -2.61. The molecule has 38 heavy (non-hydrogen) atoms. The van der Waals surface area contributed by atoms with Crippen LogP contribution in [0.25, 0.3) is 0 Å². The van der Waals surface area contributed by atoms with Crippen molar-refractivity contribution in [3.8, 4) is 5.75 Å². The van der Waals surface area contributed by atoms with Gasteiger partial charge in [0.25, 0.3) is 5.91 Å². The quantitative estimate of drug-likeness (QED) is 0.506. The SMILES string of the molecule is CC(C)(C)c1cc(C(=O)NC2(C(=O)NCc3ccc(S(C)(=O)=O)cc3)CCOCC2)cc(C(C)(C)C)c1O. The highest BCUT2D eigenvalue weighted by Crippen LogP contribution is 2.40. The zero-order chi connectivity index (χ0) is 28.5. The summed E-state index contributed by atoms with van der Waals surface area (Å²) in [7, 11) is -3.31. The maximum atomic E-state index is 13.6. The van der Waals surface area contributed by atoms with E-state index in [0.29, 0.717) is 42.7 Å². The van der Waals surface area contributed by atoms with Gasteiger partial charge in [-0.1, -0.05) is 53.7 Å². The standard InChI is InChI=1S/C29H40N2O6S/c1-27(2,3)22-16-20(17-23(24(22)32)28(4,5)6)25(33)31-29(12-14-37-15-13-29)26(34)30-18-19-8-10-21(11-9-19)38(7,35)36/h8-11,16-17,32H,12-15,18H2,1-7H3,(H,30,34)(H,31,33). The Morgan fingerprint density at radius 2 is 1.45 bits per heavy atom. The molecule has 0 spiro atoms. The lowest BCUT2D eigenvalue weighted by atomic mass is 9.78. The highest BCUT2D eigenvalue weighted by molar-refractivity contribution is 7.90. The second kappa shape index (κ2) is 10.7. The van der Waals surface area contributed by atoms with Crippen LogP contribution in [0.5, 0.6) is 5.75 Å². The number of hydrogen-bond acceptors (Lipinski definition) is 6. The number of rotatable bonds is 6. The van der Waals surface area contributed by atoms with Crippen LogP contribution in [0.4, 0.5) is 0 Å². The van der Waals surface area contributed by atoms with Crippen LogP contribution in [0.15, 0.2) is 41.3 Å². The van der Waals surface area contributed by atoms with Crippen LogP contribution in [0.2, 0.25) is 0 Å². The number of nitrogens with one attached hydrogen (secondary N) is 2. The first-order valence-corrected chi connectivity index (χ1v) is 14.7. The molecule has 1 aliphatic heterocycles. The van der Waals surface area contributed by atoms with Crippen molar-refractivity contribution in [1.82, 2.24) is 10.6 Å². The normalized spacial score (nSPS) is 16.1. The first kappa shape index (κ1) is 29.6. The van der Waals surface area contributed by atoms with Crippen molar-refractivity contribution in [2.75, 3.05) is 19.5 Å². The second-order valence-corrected chi connectivity index (χ2v) is 14.2. The monoisotopic (exact) mass is 544 g/mol. The second-order valence-electron chi connectivity index (χ2n) is 12.2. The number of amides is 2. The number of carbonyl (C=O) groups is 2. The third-order valence-electron chi connectivity index (χ3n) is 6.93. The Morgan fingerprint density at radius 1 is 0.947 bits per heavy atom. The van der Waals surface area contributed by atoms with Crippen LogP contribution < -0.4 is 10.6 Å². The summed E-state index contributed by atoms with van der Waals surface area (Å²) < 4.78 is 28.9. The number of hydrogen-bond donors (Lipinski definition) is 3. The van der Waals surface area contributed by atoms with Crippen molar-refractivity contribution >= 4 is 21.7 Å². The molecule has 1 heterocycles. The summed E-state index contributed by atoms with van der Waals surface area (Å²) >= 11 is 0. The van der Waals surface area contributed by atoms with E-state index in [4.69, 9.17) is 4.74 Å². The van der Waals surface area contributed by atoms with Gasteiger partial charge in [0.15, 0.2) is 9.84 Å². The lowest BCUT2D eigenvalue weighted by molar-refractivity contribution is -0.131. The molecule has 1 fully saturated rings. The molecular weight excluding hydrogens is 504 g/mol. The highest BCUT2D eigenvalue weighted by atomic mass is 32.2. The van der Waals surface area contributed by atoms with Crippen molar-refractivity contribution in [2.45, 2.75) is 82.2 Å². The summed E-state index contributed by atoms with van der Waals surface area (Å²) in [5, 5.41) is 16.9. The summed E-state index contributed by atoms with van der Waals surface area (Å²) in [5.74, 6) is -0.537. The minimum absolute atomic E-state index is 0.182. The third kappa shape index (κ3) is 6.74. The maximum Gasteiger partial charge on any atom is 0.252 e. The van der Waals surface area contributed by atoms with Gasteiger partial charge in [-0.3, -0.25) is 9.59 Å². The van der Waals surface area contributed by atoms with Crippen LogP contribution in [-0.2, 0) is 36.7 Å². The molecule has 3 N–H and O–H groups in total. The Bertz CT molecular complexity index is 1260. The molecular formula is C29H40N2O6S. The Balaban J connectivity index is 1.88. The van der Waals surface area contributed by atoms with E-state index < -0.39 is 32.1 Å². The van der Waals surface area contributed by atoms with Gasteiger partial charge in [0.1, 0.15) is 11.3 Å². The van der Waals surface area contributed by atoms with Gasteiger partial charge in [-0.2, -0.15) is 0 Å². The first-order valence-electron chi connectivity index (χ1n) is 12.8. The van der Waals surface area contributed by atoms with E-state index in [1.54, 1.807) is 24.3 Å². The minimum Gasteiger partial charge on any atom is -0.507 e. The Hall–Kier alpha value is -2.91. The van der Waals surface area contributed by atoms with Crippen molar-refractivity contribution in [2.24, 2.45) is 0 Å². The Morgan fingerprint density at radius 3 is 1.89 bits per heavy atom. The number of aromatic hydroxyl groups is 1. The zero-order valence-electron chi connectivity index (χ0n) is 23.4. The molecule has 0 aliphatic carbocycles. The predicted molar refractivity (Wildman–Crippen MR) is 147 cm³/mol. The number of sulfone groups is 1. The molecule has 8 nitrogen and oxygen atoms in total. The molecule has 208 valence electrons. The van der Waals surface area contributed by atoms with Crippen LogP contribution in [0, 0.1) is 0 Å². The average molecular weight is 545 g/mol. The van der Waals surface area contributed by atoms with E-state index in [-0.39, 0.29) is 23.1 Å². The molecule has 2 amide bonds. The number of phenols is 1. The maximum absolute atomic E-state index is 13.6. The molecule has 1 aliphatic rings. The van der Waals surface area contributed by atoms with E-state index in [9.17, 15) is 23.1 Å². The minimum atomic E-state index is -3.31. The van der Waals surface area contributed by atoms with Crippen molar-refractivity contribution in [1.29, 1.82) is 0 Å². The molecule has 0 bridgehead atoms. The van der Waals surface area contributed by atoms with Crippen molar-refractivity contribution in [3.63, 3.8) is 0 Å². The van der Waals surface area contributed by atoms with Gasteiger partial charge in [0, 0.05) is 55.5 Å². The highest BCUT2D eigenvalue weighted by Gasteiger charge is 2.42. The molecule has 0 radical (unpaired) electrons. The number of benzene rings is 2. The van der Waals surface area contributed by atoms with Gasteiger partial charge in [0.2, 0.25) is 5.91 Å². The largest absolute Gasteiger partial charge is 0.507 e. The molecule has 0 aromatic heterocycles. The summed E-state index contributed by atoms with van der Waals surface area (Å²) in [5.41, 5.74) is 0.483. The summed E-state index contributed by atoms with van der Waals surface area (Å²) in [6.45, 7) is 12.7. The van der Waals surface area contributed by atoms with Gasteiger partial charge in [-0.05, 0) is 40.7 Å². The van der Waals surface area contributed by atoms with Crippen LogP contribution in [-0.4, -0.2) is 50.3 Å². The van der Waals surface area contributed by atoms with Crippen LogP contribution >= 0.6 is 0 Å². The van der Waals surface area contributed by atoms with Gasteiger partial charge in [-0.15, -0.1) is 0 Å². The fourth-order valence-electron chi connectivity index (χ4n) is 4.53. The van der Waals surface area contributed by atoms with E-state index >= 15 is 0 Å². The van der Waals surface area contributed by atoms with Crippen LogP contribution in [0.1, 0.15) is 81.4 Å². The van der Waals surface area contributed by atoms with Crippen molar-refractivity contribution in [3.05, 3.63) is 58.7 Å². The fraction of sp³-hybridized carbons (Fsp3) is 0.517. The Kier molecular flexibility index (Phi) is 8.34. The van der Waals surface area contributed by atoms with E-state index in [0.717, 1.165) is 11.8 Å². The van der Waals surface area contributed by atoms with Crippen molar-refractivity contribution < 1.29 is 27.9 Å². The van der Waals surface area contributed by atoms with Gasteiger partial charge >= 0.3 is 0 Å². The van der Waals surface area contributed by atoms with Gasteiger partial charge < -0.3 is 20.5 Å². The summed E-state index contributed by atoms with van der Waals surface area (Å²) in [6.07, 6.45) is 1.77. The predicted octanol–water partition coefficient (Wildman–Crippen LogP) is 3.99. The van der Waals surface area contributed by atoms with E-state index in [1.807, 2.05) is 41.5 Å². The molecule has 0 saturated carbocycles. The molecule has 1 saturated heterocycles. The number of ether oxygens (including phenoxy) is 1. The number of carbonyl (C=O) groups excluding carboxylic acids is 2. The fourth-order valence-corrected chi connectivity index (χ4v) is 5.16. The average Bonchev–Trinajstić information content (AvgIpc) is 2.81. The molecule has 2 aromatic rings. The summed E-state index contributed by atoms with van der Waals surface area (Å²) in [4.78, 5) is 27.3. The van der Waals surface area contributed by atoms with Gasteiger partial charge in [0.05, 0.1) is 4.90 Å². The molecule has 3 rings (SSSR count). The molecule has 9 heteroatoms. The molecule has 2 aromatic carbocycles. The smallest absolute Gasteiger partial charge is 0.252 e. The molecule has 0 atom stereocenters. The third-order valence-corrected chi connectivity index (χ3v) is 8.05. The van der Waals surface area contributed by atoms with E-state index in [2.05, 4.69) is 10.6 Å².